The SMILES string of the molecule is CCOCC(=O)NCCc1cccc(F)c1F. The summed E-state index contributed by atoms with van der Waals surface area (Å²) in [6.45, 7) is 2.50. The summed E-state index contributed by atoms with van der Waals surface area (Å²) in [5, 5.41) is 2.56. The van der Waals surface area contributed by atoms with Gasteiger partial charge in [0.2, 0.25) is 5.91 Å². The average Bonchev–Trinajstić information content (AvgIpc) is 2.32. The first-order valence-electron chi connectivity index (χ1n) is 5.42. The van der Waals surface area contributed by atoms with Gasteiger partial charge < -0.3 is 10.1 Å². The molecule has 0 spiro atoms. The molecule has 0 atom stereocenters. The Morgan fingerprint density at radius 1 is 1.41 bits per heavy atom. The van der Waals surface area contributed by atoms with E-state index in [0.29, 0.717) is 6.61 Å². The zero-order valence-electron chi connectivity index (χ0n) is 9.63. The summed E-state index contributed by atoms with van der Waals surface area (Å²) in [5.74, 6) is -1.99. The molecule has 0 saturated carbocycles. The van der Waals surface area contributed by atoms with E-state index in [0.717, 1.165) is 6.07 Å². The summed E-state index contributed by atoms with van der Waals surface area (Å²) in [4.78, 5) is 11.1. The first-order chi connectivity index (χ1) is 8.15. The minimum absolute atomic E-state index is 0.0118. The number of ether oxygens (including phenoxy) is 1. The highest BCUT2D eigenvalue weighted by molar-refractivity contribution is 5.77. The molecule has 94 valence electrons. The maximum absolute atomic E-state index is 13.2. The van der Waals surface area contributed by atoms with Crippen molar-refractivity contribution in [3.63, 3.8) is 0 Å². The summed E-state index contributed by atoms with van der Waals surface area (Å²) >= 11 is 0. The fourth-order valence-electron chi connectivity index (χ4n) is 1.32. The monoisotopic (exact) mass is 243 g/mol. The number of halogens is 2. The predicted molar refractivity (Wildman–Crippen MR) is 59.6 cm³/mol. The zero-order chi connectivity index (χ0) is 12.7. The van der Waals surface area contributed by atoms with Crippen LogP contribution in [0.3, 0.4) is 0 Å². The number of carbonyl (C=O) groups excluding carboxylic acids is 1. The lowest BCUT2D eigenvalue weighted by Crippen LogP contribution is -2.29. The normalized spacial score (nSPS) is 10.3. The van der Waals surface area contributed by atoms with E-state index in [9.17, 15) is 13.6 Å². The van der Waals surface area contributed by atoms with Crippen molar-refractivity contribution < 1.29 is 18.3 Å². The molecule has 0 radical (unpaired) electrons. The van der Waals surface area contributed by atoms with E-state index in [4.69, 9.17) is 4.74 Å². The Hall–Kier alpha value is -1.49. The molecule has 1 aromatic carbocycles. The maximum atomic E-state index is 13.2. The van der Waals surface area contributed by atoms with Crippen LogP contribution >= 0.6 is 0 Å². The van der Waals surface area contributed by atoms with Crippen LogP contribution < -0.4 is 5.32 Å². The summed E-state index contributed by atoms with van der Waals surface area (Å²) in [6.07, 6.45) is 0.251. The Morgan fingerprint density at radius 2 is 2.18 bits per heavy atom. The molecule has 0 fully saturated rings. The van der Waals surface area contributed by atoms with Gasteiger partial charge in [-0.2, -0.15) is 0 Å². The minimum Gasteiger partial charge on any atom is -0.372 e. The van der Waals surface area contributed by atoms with Crippen LogP contribution in [-0.4, -0.2) is 25.7 Å². The Bertz CT molecular complexity index is 383. The molecule has 0 aliphatic carbocycles. The van der Waals surface area contributed by atoms with E-state index in [-0.39, 0.29) is 31.0 Å². The number of nitrogens with one attached hydrogen (secondary N) is 1. The third-order valence-corrected chi connectivity index (χ3v) is 2.19. The molecule has 1 amide bonds. The number of carbonyl (C=O) groups is 1. The lowest BCUT2D eigenvalue weighted by Gasteiger charge is -2.06. The van der Waals surface area contributed by atoms with E-state index in [2.05, 4.69) is 5.32 Å². The molecule has 17 heavy (non-hydrogen) atoms. The van der Waals surface area contributed by atoms with Gasteiger partial charge in [-0.1, -0.05) is 12.1 Å². The summed E-state index contributed by atoms with van der Waals surface area (Å²) < 4.78 is 31.0. The highest BCUT2D eigenvalue weighted by Gasteiger charge is 2.07. The van der Waals surface area contributed by atoms with Crippen LogP contribution in [0.15, 0.2) is 18.2 Å². The third-order valence-electron chi connectivity index (χ3n) is 2.19. The second-order valence-electron chi connectivity index (χ2n) is 3.45. The molecule has 1 N–H and O–H groups in total. The highest BCUT2D eigenvalue weighted by atomic mass is 19.2. The van der Waals surface area contributed by atoms with Crippen molar-refractivity contribution in [2.24, 2.45) is 0 Å². The van der Waals surface area contributed by atoms with E-state index in [1.807, 2.05) is 0 Å². The fraction of sp³-hybridized carbons (Fsp3) is 0.417. The Morgan fingerprint density at radius 3 is 2.88 bits per heavy atom. The molecule has 0 aliphatic rings. The van der Waals surface area contributed by atoms with Crippen molar-refractivity contribution in [2.45, 2.75) is 13.3 Å². The van der Waals surface area contributed by atoms with E-state index in [1.54, 1.807) is 6.92 Å². The van der Waals surface area contributed by atoms with Gasteiger partial charge in [0, 0.05) is 13.2 Å². The Kier molecular flexibility index (Phi) is 5.56. The lowest BCUT2D eigenvalue weighted by atomic mass is 10.1. The largest absolute Gasteiger partial charge is 0.372 e. The molecule has 1 rings (SSSR count). The van der Waals surface area contributed by atoms with Crippen molar-refractivity contribution in [1.82, 2.24) is 5.32 Å². The van der Waals surface area contributed by atoms with Crippen molar-refractivity contribution in [3.8, 4) is 0 Å². The smallest absolute Gasteiger partial charge is 0.246 e. The van der Waals surface area contributed by atoms with Gasteiger partial charge in [-0.25, -0.2) is 8.78 Å². The molecule has 0 aliphatic heterocycles. The zero-order valence-corrected chi connectivity index (χ0v) is 9.63. The Labute approximate surface area is 98.8 Å². The van der Waals surface area contributed by atoms with Crippen LogP contribution in [0, 0.1) is 11.6 Å². The molecule has 0 saturated heterocycles. The van der Waals surface area contributed by atoms with Gasteiger partial charge in [0.15, 0.2) is 11.6 Å². The summed E-state index contributed by atoms with van der Waals surface area (Å²) in [6, 6.07) is 4.00. The quantitative estimate of drug-likeness (QED) is 0.825. The number of benzene rings is 1. The second kappa shape index (κ2) is 6.96. The van der Waals surface area contributed by atoms with Gasteiger partial charge in [0.25, 0.3) is 0 Å². The van der Waals surface area contributed by atoms with Crippen molar-refractivity contribution in [2.75, 3.05) is 19.8 Å². The van der Waals surface area contributed by atoms with Gasteiger partial charge in [0.1, 0.15) is 6.61 Å². The fourth-order valence-corrected chi connectivity index (χ4v) is 1.32. The summed E-state index contributed by atoms with van der Waals surface area (Å²) in [5.41, 5.74) is 0.252. The lowest BCUT2D eigenvalue weighted by molar-refractivity contribution is -0.125. The molecule has 1 aromatic rings. The first kappa shape index (κ1) is 13.6. The predicted octanol–water partition coefficient (Wildman–Crippen LogP) is 1.66. The molecule has 5 heteroatoms. The van der Waals surface area contributed by atoms with Crippen molar-refractivity contribution in [1.29, 1.82) is 0 Å². The molecule has 0 aromatic heterocycles. The number of hydrogen-bond donors (Lipinski definition) is 1. The highest BCUT2D eigenvalue weighted by Crippen LogP contribution is 2.11. The third kappa shape index (κ3) is 4.48. The van der Waals surface area contributed by atoms with Crippen LogP contribution in [-0.2, 0) is 16.0 Å². The average molecular weight is 243 g/mol. The van der Waals surface area contributed by atoms with Crippen LogP contribution in [0.2, 0.25) is 0 Å². The Balaban J connectivity index is 2.36. The molecule has 3 nitrogen and oxygen atoms in total. The summed E-state index contributed by atoms with van der Waals surface area (Å²) in [7, 11) is 0. The van der Waals surface area contributed by atoms with Crippen molar-refractivity contribution >= 4 is 5.91 Å². The van der Waals surface area contributed by atoms with Crippen LogP contribution in [0.5, 0.6) is 0 Å². The molecular formula is C12H15F2NO2. The van der Waals surface area contributed by atoms with Crippen LogP contribution in [0.1, 0.15) is 12.5 Å². The number of hydrogen-bond acceptors (Lipinski definition) is 2. The van der Waals surface area contributed by atoms with E-state index in [1.165, 1.54) is 12.1 Å². The first-order valence-corrected chi connectivity index (χ1v) is 5.42. The minimum atomic E-state index is -0.872. The van der Waals surface area contributed by atoms with Crippen molar-refractivity contribution in [3.05, 3.63) is 35.4 Å². The van der Waals surface area contributed by atoms with Crippen LogP contribution in [0.4, 0.5) is 8.78 Å². The molecular weight excluding hydrogens is 228 g/mol. The van der Waals surface area contributed by atoms with Gasteiger partial charge in [-0.05, 0) is 25.0 Å². The van der Waals surface area contributed by atoms with E-state index >= 15 is 0 Å². The van der Waals surface area contributed by atoms with Gasteiger partial charge in [-0.3, -0.25) is 4.79 Å². The maximum Gasteiger partial charge on any atom is 0.246 e. The number of amides is 1. The van der Waals surface area contributed by atoms with Crippen LogP contribution in [0.25, 0.3) is 0 Å². The second-order valence-corrected chi connectivity index (χ2v) is 3.45. The van der Waals surface area contributed by atoms with E-state index < -0.39 is 11.6 Å². The van der Waals surface area contributed by atoms with Gasteiger partial charge >= 0.3 is 0 Å². The van der Waals surface area contributed by atoms with Gasteiger partial charge in [0.05, 0.1) is 0 Å². The standard InChI is InChI=1S/C12H15F2NO2/c1-2-17-8-11(16)15-7-6-9-4-3-5-10(13)12(9)14/h3-5H,2,6-8H2,1H3,(H,15,16). The molecule has 0 unspecified atom stereocenters. The topological polar surface area (TPSA) is 38.3 Å². The number of rotatable bonds is 6. The van der Waals surface area contributed by atoms with Gasteiger partial charge in [-0.15, -0.1) is 0 Å². The molecule has 0 bridgehead atoms. The molecule has 0 heterocycles.